The molecule has 0 N–H and O–H groups in total. The van der Waals surface area contributed by atoms with Crippen LogP contribution in [0.15, 0.2) is 22.7 Å². The number of carbonyl (C=O) groups excluding carboxylic acids is 1. The molecule has 8 nitrogen and oxygen atoms in total. The number of amides is 1. The van der Waals surface area contributed by atoms with Crippen molar-refractivity contribution in [2.75, 3.05) is 40.0 Å². The molecule has 1 saturated carbocycles. The lowest BCUT2D eigenvalue weighted by Gasteiger charge is -2.43. The lowest BCUT2D eigenvalue weighted by Crippen LogP contribution is -2.52. The third kappa shape index (κ3) is 6.78. The highest BCUT2D eigenvalue weighted by molar-refractivity contribution is 6.33. The summed E-state index contributed by atoms with van der Waals surface area (Å²) in [6, 6.07) is 5.53. The Bertz CT molecular complexity index is 897. The molecule has 2 aliphatic rings. The average molecular weight is 494 g/mol. The van der Waals surface area contributed by atoms with Crippen LogP contribution in [0.4, 0.5) is 0 Å². The van der Waals surface area contributed by atoms with Crippen LogP contribution in [0.3, 0.4) is 0 Å². The summed E-state index contributed by atoms with van der Waals surface area (Å²) in [4.78, 5) is 17.4. The van der Waals surface area contributed by atoms with Gasteiger partial charge in [-0.1, -0.05) is 61.0 Å². The molecule has 1 saturated heterocycles. The number of morpholine rings is 1. The molecule has 1 amide bonds. The van der Waals surface area contributed by atoms with Gasteiger partial charge in [-0.15, -0.1) is 0 Å². The van der Waals surface area contributed by atoms with Gasteiger partial charge in [0.1, 0.15) is 11.7 Å². The molecular weight excluding hydrogens is 458 g/mol. The van der Waals surface area contributed by atoms with E-state index < -0.39 is 11.7 Å². The zero-order valence-corrected chi connectivity index (χ0v) is 21.2. The molecule has 1 aromatic heterocycles. The summed E-state index contributed by atoms with van der Waals surface area (Å²) in [5.74, 6) is 0.826. The van der Waals surface area contributed by atoms with E-state index in [1.165, 1.54) is 32.1 Å². The van der Waals surface area contributed by atoms with E-state index in [1.807, 2.05) is 19.1 Å². The number of halogens is 1. The Balaban J connectivity index is 0.000000574. The van der Waals surface area contributed by atoms with Crippen molar-refractivity contribution in [3.63, 3.8) is 0 Å². The SMILES string of the molecule is C1CCCC1.COCCCOC(C)(c1cccc(Cl)c1-c1nc(C)no1)C1CN(C=O)CCO1. The van der Waals surface area contributed by atoms with Crippen LogP contribution in [0.2, 0.25) is 5.02 Å². The lowest BCUT2D eigenvalue weighted by atomic mass is 9.85. The minimum Gasteiger partial charge on any atom is -0.385 e. The topological polar surface area (TPSA) is 86.9 Å². The highest BCUT2D eigenvalue weighted by Gasteiger charge is 2.43. The number of ether oxygens (including phenoxy) is 3. The maximum Gasteiger partial charge on any atom is 0.259 e. The molecule has 188 valence electrons. The number of aromatic nitrogens is 2. The summed E-state index contributed by atoms with van der Waals surface area (Å²) in [7, 11) is 1.65. The van der Waals surface area contributed by atoms with Crippen molar-refractivity contribution in [2.45, 2.75) is 64.1 Å². The van der Waals surface area contributed by atoms with Crippen LogP contribution in [0.1, 0.15) is 56.8 Å². The average Bonchev–Trinajstić information content (AvgIpc) is 3.57. The number of benzene rings is 1. The molecule has 2 atom stereocenters. The maximum absolute atomic E-state index is 11.4. The molecule has 0 radical (unpaired) electrons. The number of nitrogens with zero attached hydrogens (tertiary/aromatic N) is 3. The van der Waals surface area contributed by atoms with Crippen LogP contribution in [0.25, 0.3) is 11.5 Å². The largest absolute Gasteiger partial charge is 0.385 e. The van der Waals surface area contributed by atoms with E-state index in [0.29, 0.717) is 61.6 Å². The van der Waals surface area contributed by atoms with Crippen molar-refractivity contribution in [1.29, 1.82) is 0 Å². The van der Waals surface area contributed by atoms with Gasteiger partial charge in [0.25, 0.3) is 5.89 Å². The summed E-state index contributed by atoms with van der Waals surface area (Å²) in [6.07, 6.45) is 8.65. The summed E-state index contributed by atoms with van der Waals surface area (Å²) in [5, 5.41) is 4.37. The Morgan fingerprint density at radius 3 is 2.59 bits per heavy atom. The Kier molecular flexibility index (Phi) is 10.3. The van der Waals surface area contributed by atoms with E-state index in [2.05, 4.69) is 10.1 Å². The predicted octanol–water partition coefficient (Wildman–Crippen LogP) is 4.77. The Morgan fingerprint density at radius 2 is 1.97 bits per heavy atom. The quantitative estimate of drug-likeness (QED) is 0.367. The number of hydrogen-bond acceptors (Lipinski definition) is 7. The van der Waals surface area contributed by atoms with Crippen molar-refractivity contribution in [3.05, 3.63) is 34.6 Å². The molecule has 4 rings (SSSR count). The fourth-order valence-electron chi connectivity index (χ4n) is 4.37. The third-order valence-electron chi connectivity index (χ3n) is 6.30. The molecule has 2 unspecified atom stereocenters. The van der Waals surface area contributed by atoms with E-state index in [9.17, 15) is 4.79 Å². The third-order valence-corrected chi connectivity index (χ3v) is 6.61. The molecule has 1 aliphatic carbocycles. The van der Waals surface area contributed by atoms with E-state index in [1.54, 1.807) is 25.0 Å². The second-order valence-corrected chi connectivity index (χ2v) is 9.25. The van der Waals surface area contributed by atoms with Crippen LogP contribution >= 0.6 is 11.6 Å². The van der Waals surface area contributed by atoms with Gasteiger partial charge in [0.2, 0.25) is 6.41 Å². The second-order valence-electron chi connectivity index (χ2n) is 8.84. The standard InChI is InChI=1S/C20H26ClN3O5.C5H10/c1-14-22-19(29-23-14)18-15(6-4-7-16(18)21)20(2,28-10-5-9-26-3)17-12-24(13-25)8-11-27-17;1-2-4-5-3-1/h4,6-7,13,17H,5,8-12H2,1-3H3;1-5H2. The van der Waals surface area contributed by atoms with E-state index in [4.69, 9.17) is 30.3 Å². The molecule has 34 heavy (non-hydrogen) atoms. The minimum absolute atomic E-state index is 0.317. The van der Waals surface area contributed by atoms with Crippen molar-refractivity contribution in [1.82, 2.24) is 15.0 Å². The fraction of sp³-hybridized carbons (Fsp3) is 0.640. The first-order valence-electron chi connectivity index (χ1n) is 12.0. The van der Waals surface area contributed by atoms with Crippen LogP contribution in [-0.4, -0.2) is 67.6 Å². The molecule has 2 aromatic rings. The van der Waals surface area contributed by atoms with E-state index in [0.717, 1.165) is 12.0 Å². The van der Waals surface area contributed by atoms with E-state index in [-0.39, 0.29) is 0 Å². The monoisotopic (exact) mass is 493 g/mol. The molecule has 1 aliphatic heterocycles. The van der Waals surface area contributed by atoms with Gasteiger partial charge >= 0.3 is 0 Å². The highest BCUT2D eigenvalue weighted by Crippen LogP contribution is 2.41. The smallest absolute Gasteiger partial charge is 0.259 e. The molecular formula is C25H36ClN3O5. The minimum atomic E-state index is -0.905. The van der Waals surface area contributed by atoms with Gasteiger partial charge in [0, 0.05) is 32.4 Å². The number of rotatable bonds is 9. The fourth-order valence-corrected chi connectivity index (χ4v) is 4.62. The van der Waals surface area contributed by atoms with Gasteiger partial charge < -0.3 is 23.6 Å². The highest BCUT2D eigenvalue weighted by atomic mass is 35.5. The van der Waals surface area contributed by atoms with Crippen molar-refractivity contribution < 1.29 is 23.5 Å². The maximum atomic E-state index is 11.4. The van der Waals surface area contributed by atoms with E-state index >= 15 is 0 Å². The zero-order valence-electron chi connectivity index (χ0n) is 20.4. The summed E-state index contributed by atoms with van der Waals surface area (Å²) < 4.78 is 23.0. The van der Waals surface area contributed by atoms with Gasteiger partial charge in [-0.05, 0) is 26.3 Å². The number of hydrogen-bond donors (Lipinski definition) is 0. The number of carbonyl (C=O) groups is 1. The summed E-state index contributed by atoms with van der Waals surface area (Å²) in [6.45, 7) is 6.08. The van der Waals surface area contributed by atoms with Gasteiger partial charge in [-0.2, -0.15) is 4.98 Å². The second kappa shape index (κ2) is 13.2. The molecule has 9 heteroatoms. The zero-order chi connectivity index (χ0) is 24.4. The van der Waals surface area contributed by atoms with Crippen molar-refractivity contribution >= 4 is 18.0 Å². The molecule has 0 bridgehead atoms. The normalized spacial score (nSPS) is 19.9. The van der Waals surface area contributed by atoms with Gasteiger partial charge in [0.05, 0.1) is 23.8 Å². The Morgan fingerprint density at radius 1 is 1.24 bits per heavy atom. The molecule has 0 spiro atoms. The predicted molar refractivity (Wildman–Crippen MR) is 130 cm³/mol. The number of aryl methyl sites for hydroxylation is 1. The molecule has 2 heterocycles. The Labute approximate surface area is 206 Å². The Hall–Kier alpha value is -2.00. The summed E-state index contributed by atoms with van der Waals surface area (Å²) >= 11 is 6.55. The van der Waals surface area contributed by atoms with Crippen LogP contribution in [-0.2, 0) is 24.6 Å². The van der Waals surface area contributed by atoms with Gasteiger partial charge in [0.15, 0.2) is 5.82 Å². The van der Waals surface area contributed by atoms with Crippen LogP contribution in [0.5, 0.6) is 0 Å². The van der Waals surface area contributed by atoms with Gasteiger partial charge in [-0.3, -0.25) is 4.79 Å². The molecule has 2 fully saturated rings. The summed E-state index contributed by atoms with van der Waals surface area (Å²) in [5.41, 5.74) is 0.470. The first-order chi connectivity index (χ1) is 16.5. The van der Waals surface area contributed by atoms with Crippen LogP contribution < -0.4 is 0 Å². The first kappa shape index (κ1) is 26.6. The van der Waals surface area contributed by atoms with Crippen LogP contribution in [0, 0.1) is 6.92 Å². The van der Waals surface area contributed by atoms with Crippen molar-refractivity contribution in [3.8, 4) is 11.5 Å². The lowest BCUT2D eigenvalue weighted by molar-refractivity contribution is -0.171. The van der Waals surface area contributed by atoms with Gasteiger partial charge in [-0.25, -0.2) is 0 Å². The first-order valence-corrected chi connectivity index (χ1v) is 12.4. The molecule has 1 aromatic carbocycles. The number of methoxy groups -OCH3 is 1. The van der Waals surface area contributed by atoms with Crippen molar-refractivity contribution in [2.24, 2.45) is 0 Å².